The van der Waals surface area contributed by atoms with Crippen LogP contribution in [-0.2, 0) is 6.54 Å². The maximum Gasteiger partial charge on any atom is 0.0271 e. The molecule has 0 saturated carbocycles. The average molecular weight is 206 g/mol. The molecule has 2 heteroatoms. The van der Waals surface area contributed by atoms with Crippen molar-refractivity contribution in [1.82, 2.24) is 10.3 Å². The first-order valence-electron chi connectivity index (χ1n) is 5.90. The van der Waals surface area contributed by atoms with Crippen molar-refractivity contribution in [3.63, 3.8) is 0 Å². The van der Waals surface area contributed by atoms with E-state index in [0.29, 0.717) is 5.54 Å². The molecule has 1 N–H and O–H groups in total. The molecule has 0 radical (unpaired) electrons. The molecule has 2 nitrogen and oxygen atoms in total. The first-order chi connectivity index (χ1) is 7.26. The van der Waals surface area contributed by atoms with E-state index < -0.39 is 0 Å². The monoisotopic (exact) mass is 206 g/mol. The van der Waals surface area contributed by atoms with Crippen molar-refractivity contribution in [3.05, 3.63) is 30.1 Å². The zero-order chi connectivity index (χ0) is 11.1. The first kappa shape index (κ1) is 12.2. The van der Waals surface area contributed by atoms with Crippen molar-refractivity contribution in [2.24, 2.45) is 0 Å². The van der Waals surface area contributed by atoms with Crippen LogP contribution in [0.15, 0.2) is 24.5 Å². The zero-order valence-electron chi connectivity index (χ0n) is 10.1. The molecule has 0 aliphatic rings. The van der Waals surface area contributed by atoms with Crippen molar-refractivity contribution in [3.8, 4) is 0 Å². The third-order valence-corrected chi connectivity index (χ3v) is 3.45. The summed E-state index contributed by atoms with van der Waals surface area (Å²) in [5, 5.41) is 3.67. The van der Waals surface area contributed by atoms with Crippen LogP contribution in [0.3, 0.4) is 0 Å². The molecule has 1 heterocycles. The van der Waals surface area contributed by atoms with E-state index in [1.54, 1.807) is 0 Å². The second-order valence-electron chi connectivity index (χ2n) is 4.05. The predicted octanol–water partition coefficient (Wildman–Crippen LogP) is 3.14. The molecule has 84 valence electrons. The summed E-state index contributed by atoms with van der Waals surface area (Å²) in [4.78, 5) is 4.02. The third-order valence-electron chi connectivity index (χ3n) is 3.45. The Morgan fingerprint density at radius 1 is 1.07 bits per heavy atom. The fraction of sp³-hybridized carbons (Fsp3) is 0.615. The van der Waals surface area contributed by atoms with Crippen molar-refractivity contribution < 1.29 is 0 Å². The summed E-state index contributed by atoms with van der Waals surface area (Å²) in [6.45, 7) is 7.71. The maximum atomic E-state index is 4.02. The molecule has 1 aromatic rings. The van der Waals surface area contributed by atoms with Crippen molar-refractivity contribution >= 4 is 0 Å². The summed E-state index contributed by atoms with van der Waals surface area (Å²) in [5.74, 6) is 0. The third kappa shape index (κ3) is 3.31. The van der Waals surface area contributed by atoms with Crippen molar-refractivity contribution in [1.29, 1.82) is 0 Å². The second kappa shape index (κ2) is 5.86. The summed E-state index contributed by atoms with van der Waals surface area (Å²) in [7, 11) is 0. The Morgan fingerprint density at radius 3 is 2.07 bits per heavy atom. The minimum Gasteiger partial charge on any atom is -0.307 e. The van der Waals surface area contributed by atoms with E-state index in [1.165, 1.54) is 24.8 Å². The lowest BCUT2D eigenvalue weighted by Gasteiger charge is -2.32. The van der Waals surface area contributed by atoms with Crippen LogP contribution < -0.4 is 5.32 Å². The zero-order valence-corrected chi connectivity index (χ0v) is 10.1. The highest BCUT2D eigenvalue weighted by atomic mass is 15.0. The minimum atomic E-state index is 0.309. The number of pyridine rings is 1. The lowest BCUT2D eigenvalue weighted by molar-refractivity contribution is 0.288. The molecule has 0 saturated heterocycles. The van der Waals surface area contributed by atoms with Gasteiger partial charge in [0.2, 0.25) is 0 Å². The van der Waals surface area contributed by atoms with Gasteiger partial charge in [-0.2, -0.15) is 0 Å². The molecule has 0 aromatic carbocycles. The Balaban J connectivity index is 2.54. The van der Waals surface area contributed by atoms with Crippen molar-refractivity contribution in [2.45, 2.75) is 52.1 Å². The highest BCUT2D eigenvalue weighted by Gasteiger charge is 2.22. The van der Waals surface area contributed by atoms with E-state index >= 15 is 0 Å². The summed E-state index contributed by atoms with van der Waals surface area (Å²) >= 11 is 0. The summed E-state index contributed by atoms with van der Waals surface area (Å²) in [6, 6.07) is 4.14. The molecule has 1 rings (SSSR count). The van der Waals surface area contributed by atoms with Crippen LogP contribution in [0.5, 0.6) is 0 Å². The topological polar surface area (TPSA) is 24.9 Å². The van der Waals surface area contributed by atoms with Crippen LogP contribution in [0.1, 0.15) is 45.6 Å². The molecule has 0 unspecified atom stereocenters. The van der Waals surface area contributed by atoms with Crippen LogP contribution in [0.2, 0.25) is 0 Å². The normalized spacial score (nSPS) is 11.7. The standard InChI is InChI=1S/C13H22N2/c1-4-13(5-2,6-3)15-11-12-7-9-14-10-8-12/h7-10,15H,4-6,11H2,1-3H3. The quantitative estimate of drug-likeness (QED) is 0.773. The highest BCUT2D eigenvalue weighted by Crippen LogP contribution is 2.19. The highest BCUT2D eigenvalue weighted by molar-refractivity contribution is 5.09. The number of rotatable bonds is 6. The second-order valence-corrected chi connectivity index (χ2v) is 4.05. The van der Waals surface area contributed by atoms with Gasteiger partial charge < -0.3 is 5.32 Å². The van der Waals surface area contributed by atoms with E-state index in [2.05, 4.69) is 43.2 Å². The summed E-state index contributed by atoms with van der Waals surface area (Å²) in [6.07, 6.45) is 7.26. The first-order valence-corrected chi connectivity index (χ1v) is 5.90. The number of nitrogens with zero attached hydrogens (tertiary/aromatic N) is 1. The smallest absolute Gasteiger partial charge is 0.0271 e. The SMILES string of the molecule is CCC(CC)(CC)NCc1ccncc1. The van der Waals surface area contributed by atoms with Gasteiger partial charge in [-0.05, 0) is 37.0 Å². The van der Waals surface area contributed by atoms with Gasteiger partial charge in [0.05, 0.1) is 0 Å². The van der Waals surface area contributed by atoms with Gasteiger partial charge in [-0.15, -0.1) is 0 Å². The molecule has 0 amide bonds. The fourth-order valence-electron chi connectivity index (χ4n) is 1.92. The van der Waals surface area contributed by atoms with E-state index in [9.17, 15) is 0 Å². The van der Waals surface area contributed by atoms with Crippen LogP contribution in [0, 0.1) is 0 Å². The number of hydrogen-bond donors (Lipinski definition) is 1. The van der Waals surface area contributed by atoms with Crippen LogP contribution in [0.4, 0.5) is 0 Å². The van der Waals surface area contributed by atoms with E-state index in [-0.39, 0.29) is 0 Å². The number of nitrogens with one attached hydrogen (secondary N) is 1. The van der Waals surface area contributed by atoms with Crippen LogP contribution >= 0.6 is 0 Å². The molecule has 0 aliphatic carbocycles. The predicted molar refractivity (Wildman–Crippen MR) is 64.7 cm³/mol. The van der Waals surface area contributed by atoms with Crippen molar-refractivity contribution in [2.75, 3.05) is 0 Å². The molecule has 15 heavy (non-hydrogen) atoms. The van der Waals surface area contributed by atoms with Gasteiger partial charge in [-0.25, -0.2) is 0 Å². The Kier molecular flexibility index (Phi) is 4.76. The number of hydrogen-bond acceptors (Lipinski definition) is 2. The van der Waals surface area contributed by atoms with E-state index in [1.807, 2.05) is 12.4 Å². The lowest BCUT2D eigenvalue weighted by atomic mass is 9.89. The van der Waals surface area contributed by atoms with E-state index in [0.717, 1.165) is 6.54 Å². The van der Waals surface area contributed by atoms with Gasteiger partial charge in [0, 0.05) is 24.5 Å². The Labute approximate surface area is 93.1 Å². The van der Waals surface area contributed by atoms with Gasteiger partial charge in [-0.1, -0.05) is 20.8 Å². The van der Waals surface area contributed by atoms with Gasteiger partial charge in [-0.3, -0.25) is 4.98 Å². The molecule has 0 atom stereocenters. The molecular weight excluding hydrogens is 184 g/mol. The van der Waals surface area contributed by atoms with Crippen LogP contribution in [0.25, 0.3) is 0 Å². The molecule has 0 bridgehead atoms. The summed E-state index contributed by atoms with van der Waals surface area (Å²) < 4.78 is 0. The summed E-state index contributed by atoms with van der Waals surface area (Å²) in [5.41, 5.74) is 1.62. The molecule has 0 spiro atoms. The Hall–Kier alpha value is -0.890. The van der Waals surface area contributed by atoms with Gasteiger partial charge in [0.15, 0.2) is 0 Å². The average Bonchev–Trinajstić information content (AvgIpc) is 2.33. The van der Waals surface area contributed by atoms with Gasteiger partial charge >= 0.3 is 0 Å². The fourth-order valence-corrected chi connectivity index (χ4v) is 1.92. The molecule has 0 aliphatic heterocycles. The number of aromatic nitrogens is 1. The molecule has 0 fully saturated rings. The lowest BCUT2D eigenvalue weighted by Crippen LogP contribution is -2.43. The largest absolute Gasteiger partial charge is 0.307 e. The molecular formula is C13H22N2. The maximum absolute atomic E-state index is 4.02. The van der Waals surface area contributed by atoms with E-state index in [4.69, 9.17) is 0 Å². The van der Waals surface area contributed by atoms with Gasteiger partial charge in [0.25, 0.3) is 0 Å². The Morgan fingerprint density at radius 2 is 1.60 bits per heavy atom. The molecule has 1 aromatic heterocycles. The minimum absolute atomic E-state index is 0.309. The Bertz CT molecular complexity index is 257. The van der Waals surface area contributed by atoms with Gasteiger partial charge in [0.1, 0.15) is 0 Å². The van der Waals surface area contributed by atoms with Crippen LogP contribution in [-0.4, -0.2) is 10.5 Å².